The second-order valence-corrected chi connectivity index (χ2v) is 6.59. The van der Waals surface area contributed by atoms with Crippen LogP contribution < -0.4 is 5.56 Å². The Morgan fingerprint density at radius 2 is 2.00 bits per heavy atom. The van der Waals surface area contributed by atoms with Crippen LogP contribution in [0.15, 0.2) is 58.3 Å². The van der Waals surface area contributed by atoms with Crippen molar-refractivity contribution in [2.24, 2.45) is 4.99 Å². The van der Waals surface area contributed by atoms with E-state index in [4.69, 9.17) is 23.8 Å². The van der Waals surface area contributed by atoms with Gasteiger partial charge in [-0.1, -0.05) is 41.9 Å². The lowest BCUT2D eigenvalue weighted by Crippen LogP contribution is -2.18. The van der Waals surface area contributed by atoms with Crippen molar-refractivity contribution in [3.63, 3.8) is 0 Å². The highest BCUT2D eigenvalue weighted by molar-refractivity contribution is 7.71. The van der Waals surface area contributed by atoms with E-state index >= 15 is 0 Å². The van der Waals surface area contributed by atoms with Gasteiger partial charge in [0.15, 0.2) is 4.77 Å². The number of nitrogens with zero attached hydrogens (tertiary/aromatic N) is 2. The lowest BCUT2D eigenvalue weighted by Gasteiger charge is -2.12. The van der Waals surface area contributed by atoms with E-state index in [1.54, 1.807) is 0 Å². The molecular formula is C19H15ClFN3O2S. The first-order valence-corrected chi connectivity index (χ1v) is 8.79. The first kappa shape index (κ1) is 19.0. The zero-order valence-electron chi connectivity index (χ0n) is 14.2. The summed E-state index contributed by atoms with van der Waals surface area (Å²) in [6, 6.07) is 13.1. The summed E-state index contributed by atoms with van der Waals surface area (Å²) >= 11 is 10.9. The van der Waals surface area contributed by atoms with Crippen LogP contribution in [0.3, 0.4) is 0 Å². The number of aromatic nitrogens is 2. The molecule has 0 amide bonds. The predicted octanol–water partition coefficient (Wildman–Crippen LogP) is 4.57. The van der Waals surface area contributed by atoms with Gasteiger partial charge in [-0.05, 0) is 42.9 Å². The molecule has 1 heterocycles. The molecule has 138 valence electrons. The number of aliphatic imine (C=N–C) groups is 1. The molecule has 8 heteroatoms. The van der Waals surface area contributed by atoms with Crippen LogP contribution in [0.25, 0.3) is 5.69 Å². The molecule has 0 saturated heterocycles. The summed E-state index contributed by atoms with van der Waals surface area (Å²) in [5.74, 6) is -1.01. The van der Waals surface area contributed by atoms with E-state index < -0.39 is 17.3 Å². The number of benzene rings is 2. The lowest BCUT2D eigenvalue weighted by molar-refractivity contribution is 0.432. The second kappa shape index (κ2) is 7.85. The van der Waals surface area contributed by atoms with Crippen molar-refractivity contribution in [3.05, 3.63) is 85.6 Å². The minimum atomic E-state index is -0.602. The molecule has 0 radical (unpaired) electrons. The van der Waals surface area contributed by atoms with Gasteiger partial charge in [-0.25, -0.2) is 4.39 Å². The van der Waals surface area contributed by atoms with Crippen LogP contribution in [0, 0.1) is 10.6 Å². The number of aromatic hydroxyl groups is 1. The van der Waals surface area contributed by atoms with Gasteiger partial charge in [0.05, 0.1) is 16.8 Å². The summed E-state index contributed by atoms with van der Waals surface area (Å²) in [6.45, 7) is 1.87. The maximum Gasteiger partial charge on any atom is 0.264 e. The Hall–Kier alpha value is -2.77. The highest BCUT2D eigenvalue weighted by Crippen LogP contribution is 2.24. The van der Waals surface area contributed by atoms with Gasteiger partial charge in [0.1, 0.15) is 11.4 Å². The zero-order valence-corrected chi connectivity index (χ0v) is 15.8. The highest BCUT2D eigenvalue weighted by Gasteiger charge is 2.14. The molecule has 0 aliphatic heterocycles. The summed E-state index contributed by atoms with van der Waals surface area (Å²) < 4.78 is 14.6. The Kier molecular flexibility index (Phi) is 5.53. The first-order chi connectivity index (χ1) is 12.9. The molecule has 0 aliphatic carbocycles. The monoisotopic (exact) mass is 403 g/mol. The topological polar surface area (TPSA) is 70.4 Å². The standard InChI is InChI=1S/C19H15ClFN3O2S/c1-11(12-5-3-2-4-6-12)22-10-14-17(25)23-19(27)24(18(14)26)13-7-8-16(21)15(20)9-13/h2-11,26H,1H3,(H,23,25,27)/t11-/m1/s1. The van der Waals surface area contributed by atoms with E-state index in [1.165, 1.54) is 22.9 Å². The number of hydrogen-bond donors (Lipinski definition) is 2. The molecule has 0 fully saturated rings. The molecule has 1 aromatic heterocycles. The molecule has 0 saturated carbocycles. The maximum absolute atomic E-state index is 13.4. The van der Waals surface area contributed by atoms with Gasteiger partial charge in [0.2, 0.25) is 5.88 Å². The van der Waals surface area contributed by atoms with Gasteiger partial charge >= 0.3 is 0 Å². The van der Waals surface area contributed by atoms with Gasteiger partial charge in [-0.2, -0.15) is 0 Å². The number of rotatable bonds is 4. The van der Waals surface area contributed by atoms with Crippen LogP contribution in [-0.2, 0) is 0 Å². The second-order valence-electron chi connectivity index (χ2n) is 5.80. The maximum atomic E-state index is 13.4. The third kappa shape index (κ3) is 3.99. The fraction of sp³-hybridized carbons (Fsp3) is 0.105. The molecule has 5 nitrogen and oxygen atoms in total. The van der Waals surface area contributed by atoms with Gasteiger partial charge in [-0.15, -0.1) is 0 Å². The average Bonchev–Trinajstić information content (AvgIpc) is 2.64. The number of hydrogen-bond acceptors (Lipinski definition) is 4. The van der Waals surface area contributed by atoms with Crippen LogP contribution in [0.4, 0.5) is 4.39 Å². The molecule has 3 rings (SSSR count). The zero-order chi connectivity index (χ0) is 19.6. The van der Waals surface area contributed by atoms with Gasteiger partial charge in [0.25, 0.3) is 5.56 Å². The molecule has 0 unspecified atom stereocenters. The normalized spacial score (nSPS) is 12.4. The molecule has 0 bridgehead atoms. The molecule has 2 aromatic carbocycles. The van der Waals surface area contributed by atoms with Gasteiger partial charge in [-0.3, -0.25) is 19.3 Å². The van der Waals surface area contributed by atoms with Crippen molar-refractivity contribution in [1.82, 2.24) is 9.55 Å². The Morgan fingerprint density at radius 1 is 1.30 bits per heavy atom. The summed E-state index contributed by atoms with van der Waals surface area (Å²) in [5, 5.41) is 10.5. The molecule has 1 atom stereocenters. The molecule has 0 aliphatic rings. The summed E-state index contributed by atoms with van der Waals surface area (Å²) in [6.07, 6.45) is 1.29. The lowest BCUT2D eigenvalue weighted by atomic mass is 10.1. The Labute approximate surface area is 164 Å². The third-order valence-electron chi connectivity index (χ3n) is 3.99. The Balaban J connectivity index is 2.07. The van der Waals surface area contributed by atoms with Crippen LogP contribution in [-0.4, -0.2) is 20.9 Å². The quantitative estimate of drug-likeness (QED) is 0.495. The van der Waals surface area contributed by atoms with Crippen molar-refractivity contribution in [1.29, 1.82) is 0 Å². The van der Waals surface area contributed by atoms with Crippen LogP contribution in [0.1, 0.15) is 24.1 Å². The largest absolute Gasteiger partial charge is 0.494 e. The van der Waals surface area contributed by atoms with Crippen molar-refractivity contribution in [2.45, 2.75) is 13.0 Å². The Morgan fingerprint density at radius 3 is 2.67 bits per heavy atom. The molecule has 0 spiro atoms. The van der Waals surface area contributed by atoms with Crippen LogP contribution >= 0.6 is 23.8 Å². The summed E-state index contributed by atoms with van der Waals surface area (Å²) in [4.78, 5) is 19.1. The van der Waals surface area contributed by atoms with Crippen molar-refractivity contribution in [2.75, 3.05) is 0 Å². The highest BCUT2D eigenvalue weighted by atomic mass is 35.5. The van der Waals surface area contributed by atoms with E-state index in [0.29, 0.717) is 5.69 Å². The van der Waals surface area contributed by atoms with E-state index in [1.807, 2.05) is 37.3 Å². The Bertz CT molecular complexity index is 1130. The molecule has 2 N–H and O–H groups in total. The van der Waals surface area contributed by atoms with Crippen LogP contribution in [0.2, 0.25) is 5.02 Å². The number of aromatic amines is 1. The predicted molar refractivity (Wildman–Crippen MR) is 106 cm³/mol. The van der Waals surface area contributed by atoms with Crippen molar-refractivity contribution >= 4 is 30.0 Å². The summed E-state index contributed by atoms with van der Waals surface area (Å²) in [5.41, 5.74) is 0.631. The fourth-order valence-corrected chi connectivity index (χ4v) is 2.98. The number of nitrogens with one attached hydrogen (secondary N) is 1. The van der Waals surface area contributed by atoms with Gasteiger partial charge < -0.3 is 5.11 Å². The fourth-order valence-electron chi connectivity index (χ4n) is 2.52. The molecule has 3 aromatic rings. The van der Waals surface area contributed by atoms with E-state index in [9.17, 15) is 14.3 Å². The molecule has 27 heavy (non-hydrogen) atoms. The first-order valence-electron chi connectivity index (χ1n) is 8.00. The van der Waals surface area contributed by atoms with Crippen molar-refractivity contribution in [3.8, 4) is 11.6 Å². The SMILES string of the molecule is C[C@@H](N=Cc1c(O)n(-c2ccc(F)c(Cl)c2)c(=S)[nH]c1=O)c1ccccc1. The minimum absolute atomic E-state index is 0.0477. The van der Waals surface area contributed by atoms with Crippen molar-refractivity contribution < 1.29 is 9.50 Å². The average molecular weight is 404 g/mol. The minimum Gasteiger partial charge on any atom is -0.494 e. The van der Waals surface area contributed by atoms with Crippen LogP contribution in [0.5, 0.6) is 5.88 Å². The van der Waals surface area contributed by atoms with E-state index in [2.05, 4.69) is 9.98 Å². The number of halogens is 2. The van der Waals surface area contributed by atoms with Gasteiger partial charge in [0, 0.05) is 6.21 Å². The van der Waals surface area contributed by atoms with E-state index in [0.717, 1.165) is 11.6 Å². The smallest absolute Gasteiger partial charge is 0.264 e. The summed E-state index contributed by atoms with van der Waals surface area (Å²) in [7, 11) is 0. The number of H-pyrrole nitrogens is 1. The molecular weight excluding hydrogens is 389 g/mol. The van der Waals surface area contributed by atoms with E-state index in [-0.39, 0.29) is 21.4 Å². The third-order valence-corrected chi connectivity index (χ3v) is 4.57.